The number of carboxylic acid groups (broad SMARTS) is 1. The molecule has 0 saturated heterocycles. The van der Waals surface area contributed by atoms with E-state index in [1.54, 1.807) is 24.3 Å². The van der Waals surface area contributed by atoms with E-state index >= 15 is 0 Å². The van der Waals surface area contributed by atoms with Crippen LogP contribution in [0.1, 0.15) is 5.56 Å². The predicted molar refractivity (Wildman–Crippen MR) is 51.1 cm³/mol. The van der Waals surface area contributed by atoms with Gasteiger partial charge in [-0.25, -0.2) is 0 Å². The van der Waals surface area contributed by atoms with Crippen LogP contribution in [-0.4, -0.2) is 25.0 Å². The molecule has 0 fully saturated rings. The smallest absolute Gasteiger partial charge is 0.320 e. The van der Waals surface area contributed by atoms with Gasteiger partial charge in [-0.2, -0.15) is 0 Å². The summed E-state index contributed by atoms with van der Waals surface area (Å²) in [5.74, 6) is -1.01. The minimum atomic E-state index is -1.01. The van der Waals surface area contributed by atoms with E-state index in [2.05, 4.69) is 0 Å². The summed E-state index contributed by atoms with van der Waals surface area (Å²) in [6, 6.07) is 6.22. The standard InChI is InChI=1S/C9H10BNO2/c10-7-4-2-1-3-6(7)5-8(11)9(12)13/h1-4,8H,5,11H2,(H,12,13). The van der Waals surface area contributed by atoms with E-state index in [-0.39, 0.29) is 6.42 Å². The van der Waals surface area contributed by atoms with Gasteiger partial charge in [-0.3, -0.25) is 4.79 Å². The highest BCUT2D eigenvalue weighted by atomic mass is 16.4. The van der Waals surface area contributed by atoms with Crippen LogP contribution in [0.2, 0.25) is 0 Å². The summed E-state index contributed by atoms with van der Waals surface area (Å²) < 4.78 is 0. The van der Waals surface area contributed by atoms with Gasteiger partial charge in [0.15, 0.2) is 0 Å². The van der Waals surface area contributed by atoms with Crippen molar-refractivity contribution in [3.8, 4) is 0 Å². The second-order valence-electron chi connectivity index (χ2n) is 2.85. The molecule has 0 spiro atoms. The Hall–Kier alpha value is -1.29. The Kier molecular flexibility index (Phi) is 3.09. The van der Waals surface area contributed by atoms with Crippen molar-refractivity contribution in [3.63, 3.8) is 0 Å². The molecule has 0 aliphatic heterocycles. The van der Waals surface area contributed by atoms with Crippen molar-refractivity contribution in [1.29, 1.82) is 0 Å². The van der Waals surface area contributed by atoms with Crippen LogP contribution in [0.4, 0.5) is 0 Å². The zero-order valence-electron chi connectivity index (χ0n) is 7.10. The number of rotatable bonds is 3. The summed E-state index contributed by atoms with van der Waals surface area (Å²) in [5, 5.41) is 8.57. The molecule has 0 heterocycles. The van der Waals surface area contributed by atoms with Gasteiger partial charge < -0.3 is 10.8 Å². The number of carboxylic acids is 1. The summed E-state index contributed by atoms with van der Waals surface area (Å²) in [5.41, 5.74) is 6.72. The molecule has 0 aliphatic carbocycles. The van der Waals surface area contributed by atoms with Crippen molar-refractivity contribution >= 4 is 19.3 Å². The van der Waals surface area contributed by atoms with Crippen molar-refractivity contribution in [1.82, 2.24) is 0 Å². The number of hydrogen-bond donors (Lipinski definition) is 2. The van der Waals surface area contributed by atoms with Crippen LogP contribution in [-0.2, 0) is 11.2 Å². The third-order valence-electron chi connectivity index (χ3n) is 1.81. The predicted octanol–water partition coefficient (Wildman–Crippen LogP) is -0.565. The van der Waals surface area contributed by atoms with E-state index in [0.29, 0.717) is 5.46 Å². The largest absolute Gasteiger partial charge is 0.480 e. The van der Waals surface area contributed by atoms with E-state index in [9.17, 15) is 4.79 Å². The fourth-order valence-corrected chi connectivity index (χ4v) is 1.04. The number of nitrogens with two attached hydrogens (primary N) is 1. The van der Waals surface area contributed by atoms with Crippen LogP contribution in [0.3, 0.4) is 0 Å². The maximum atomic E-state index is 10.4. The van der Waals surface area contributed by atoms with Gasteiger partial charge >= 0.3 is 5.97 Å². The molecule has 1 rings (SSSR count). The molecule has 0 aromatic heterocycles. The topological polar surface area (TPSA) is 63.3 Å². The second-order valence-corrected chi connectivity index (χ2v) is 2.85. The summed E-state index contributed by atoms with van der Waals surface area (Å²) in [6.07, 6.45) is 0.266. The van der Waals surface area contributed by atoms with E-state index in [1.807, 2.05) is 0 Å². The van der Waals surface area contributed by atoms with Gasteiger partial charge in [0.25, 0.3) is 0 Å². The summed E-state index contributed by atoms with van der Waals surface area (Å²) in [6.45, 7) is 0. The van der Waals surface area contributed by atoms with Gasteiger partial charge in [0.1, 0.15) is 13.9 Å². The van der Waals surface area contributed by atoms with E-state index in [4.69, 9.17) is 18.7 Å². The molecule has 0 saturated carbocycles. The van der Waals surface area contributed by atoms with Gasteiger partial charge in [-0.1, -0.05) is 35.3 Å². The van der Waals surface area contributed by atoms with E-state index in [1.165, 1.54) is 0 Å². The highest BCUT2D eigenvalue weighted by molar-refractivity contribution is 6.33. The zero-order valence-corrected chi connectivity index (χ0v) is 7.10. The van der Waals surface area contributed by atoms with Crippen LogP contribution < -0.4 is 11.2 Å². The first kappa shape index (κ1) is 9.80. The SMILES string of the molecule is [B]c1ccccc1CC(N)C(=O)O. The maximum Gasteiger partial charge on any atom is 0.320 e. The Labute approximate surface area is 78.0 Å². The summed E-state index contributed by atoms with van der Waals surface area (Å²) in [4.78, 5) is 10.4. The molecule has 4 heteroatoms. The lowest BCUT2D eigenvalue weighted by Gasteiger charge is -2.08. The van der Waals surface area contributed by atoms with Gasteiger partial charge in [0, 0.05) is 0 Å². The molecule has 1 aromatic carbocycles. The molecule has 2 radical (unpaired) electrons. The van der Waals surface area contributed by atoms with Gasteiger partial charge in [0.2, 0.25) is 0 Å². The molecule has 3 nitrogen and oxygen atoms in total. The van der Waals surface area contributed by atoms with Crippen molar-refractivity contribution in [2.24, 2.45) is 5.73 Å². The lowest BCUT2D eigenvalue weighted by atomic mass is 9.88. The fraction of sp³-hybridized carbons (Fsp3) is 0.222. The third kappa shape index (κ3) is 2.59. The van der Waals surface area contributed by atoms with Crippen molar-refractivity contribution < 1.29 is 9.90 Å². The normalized spacial score (nSPS) is 12.4. The first-order valence-corrected chi connectivity index (χ1v) is 3.93. The maximum absolute atomic E-state index is 10.4. The molecule has 1 atom stereocenters. The number of hydrogen-bond acceptors (Lipinski definition) is 2. The molecular formula is C9H10BNO2. The summed E-state index contributed by atoms with van der Waals surface area (Å²) >= 11 is 0. The van der Waals surface area contributed by atoms with Crippen molar-refractivity contribution in [3.05, 3.63) is 29.8 Å². The number of carbonyl (C=O) groups is 1. The lowest BCUT2D eigenvalue weighted by Crippen LogP contribution is -2.33. The molecule has 3 N–H and O–H groups in total. The van der Waals surface area contributed by atoms with Crippen molar-refractivity contribution in [2.75, 3.05) is 0 Å². The molecule has 0 amide bonds. The van der Waals surface area contributed by atoms with Crippen LogP contribution in [0.25, 0.3) is 0 Å². The Morgan fingerprint density at radius 1 is 1.54 bits per heavy atom. The Morgan fingerprint density at radius 2 is 2.15 bits per heavy atom. The second kappa shape index (κ2) is 4.09. The monoisotopic (exact) mass is 175 g/mol. The Morgan fingerprint density at radius 3 is 2.69 bits per heavy atom. The molecule has 0 aliphatic rings. The number of benzene rings is 1. The average Bonchev–Trinajstić information content (AvgIpc) is 2.08. The van der Waals surface area contributed by atoms with Crippen LogP contribution in [0.5, 0.6) is 0 Å². The van der Waals surface area contributed by atoms with Gasteiger partial charge in [0.05, 0.1) is 0 Å². The van der Waals surface area contributed by atoms with Crippen LogP contribution >= 0.6 is 0 Å². The van der Waals surface area contributed by atoms with Crippen LogP contribution in [0, 0.1) is 0 Å². The fourth-order valence-electron chi connectivity index (χ4n) is 1.04. The van der Waals surface area contributed by atoms with Gasteiger partial charge in [-0.15, -0.1) is 0 Å². The van der Waals surface area contributed by atoms with Crippen molar-refractivity contribution in [2.45, 2.75) is 12.5 Å². The molecule has 0 bridgehead atoms. The third-order valence-corrected chi connectivity index (χ3v) is 1.81. The average molecular weight is 175 g/mol. The summed E-state index contributed by atoms with van der Waals surface area (Å²) in [7, 11) is 5.62. The zero-order chi connectivity index (χ0) is 9.84. The molecule has 13 heavy (non-hydrogen) atoms. The van der Waals surface area contributed by atoms with Gasteiger partial charge in [-0.05, 0) is 6.42 Å². The first-order chi connectivity index (χ1) is 6.11. The Balaban J connectivity index is 2.74. The number of aliphatic carboxylic acids is 1. The van der Waals surface area contributed by atoms with Crippen LogP contribution in [0.15, 0.2) is 24.3 Å². The molecule has 1 unspecified atom stereocenters. The highest BCUT2D eigenvalue weighted by Gasteiger charge is 2.12. The Bertz CT molecular complexity index is 314. The lowest BCUT2D eigenvalue weighted by molar-refractivity contribution is -0.138. The first-order valence-electron chi connectivity index (χ1n) is 3.93. The highest BCUT2D eigenvalue weighted by Crippen LogP contribution is 1.98. The quantitative estimate of drug-likeness (QED) is 0.605. The minimum Gasteiger partial charge on any atom is -0.480 e. The molecular weight excluding hydrogens is 165 g/mol. The molecule has 1 aromatic rings. The molecule has 66 valence electrons. The minimum absolute atomic E-state index is 0.266. The van der Waals surface area contributed by atoms with E-state index < -0.39 is 12.0 Å². The van der Waals surface area contributed by atoms with E-state index in [0.717, 1.165) is 5.56 Å².